The Labute approximate surface area is 196 Å². The number of rotatable bonds is 5. The summed E-state index contributed by atoms with van der Waals surface area (Å²) < 4.78 is 26.2. The molecule has 172 valence electrons. The molecule has 34 heavy (non-hydrogen) atoms. The number of imide groups is 1. The second-order valence-electron chi connectivity index (χ2n) is 8.80. The second kappa shape index (κ2) is 7.64. The summed E-state index contributed by atoms with van der Waals surface area (Å²) in [6, 6.07) is 15.6. The first-order valence-electron chi connectivity index (χ1n) is 10.9. The van der Waals surface area contributed by atoms with Crippen molar-refractivity contribution in [1.29, 1.82) is 5.26 Å². The standard InChI is InChI=1S/C25H21N3O5S/c1-34(32,33)28-19-10-5-4-9-18(19)21-20(28)11-13-25(15-26,22(21)29)12-6-14-27-23(30)16-7-2-3-8-17(16)24(27)31/h2-5,7-10H,6,11-14H2,1H3/t25-/m0/s1. The molecule has 2 amide bonds. The maximum atomic E-state index is 13.7. The summed E-state index contributed by atoms with van der Waals surface area (Å²) in [5.41, 5.74) is 0.458. The minimum atomic E-state index is -3.66. The number of aromatic nitrogens is 1. The van der Waals surface area contributed by atoms with Crippen molar-refractivity contribution >= 4 is 38.5 Å². The Morgan fingerprint density at radius 3 is 2.24 bits per heavy atom. The van der Waals surface area contributed by atoms with Gasteiger partial charge < -0.3 is 0 Å². The Kier molecular flexibility index (Phi) is 4.95. The van der Waals surface area contributed by atoms with E-state index >= 15 is 0 Å². The van der Waals surface area contributed by atoms with Crippen LogP contribution in [0.4, 0.5) is 0 Å². The number of fused-ring (bicyclic) bond motifs is 4. The van der Waals surface area contributed by atoms with Crippen LogP contribution in [0.1, 0.15) is 56.0 Å². The normalized spacial score (nSPS) is 19.9. The molecule has 9 heteroatoms. The van der Waals surface area contributed by atoms with Crippen molar-refractivity contribution < 1.29 is 22.8 Å². The lowest BCUT2D eigenvalue weighted by atomic mass is 9.70. The monoisotopic (exact) mass is 475 g/mol. The summed E-state index contributed by atoms with van der Waals surface area (Å²) in [6.07, 6.45) is 1.96. The molecule has 0 bridgehead atoms. The molecule has 1 aromatic heterocycles. The summed E-state index contributed by atoms with van der Waals surface area (Å²) in [7, 11) is -3.66. The van der Waals surface area contributed by atoms with Crippen LogP contribution >= 0.6 is 0 Å². The summed E-state index contributed by atoms with van der Waals surface area (Å²) in [5, 5.41) is 10.6. The van der Waals surface area contributed by atoms with Crippen molar-refractivity contribution in [3.05, 3.63) is 70.9 Å². The van der Waals surface area contributed by atoms with Crippen molar-refractivity contribution in [3.63, 3.8) is 0 Å². The Morgan fingerprint density at radius 2 is 1.62 bits per heavy atom. The van der Waals surface area contributed by atoms with E-state index in [0.717, 1.165) is 11.2 Å². The number of nitrogens with zero attached hydrogens (tertiary/aromatic N) is 3. The zero-order valence-electron chi connectivity index (χ0n) is 18.4. The van der Waals surface area contributed by atoms with Crippen molar-refractivity contribution in [2.45, 2.75) is 25.7 Å². The first-order valence-corrected chi connectivity index (χ1v) is 12.8. The summed E-state index contributed by atoms with van der Waals surface area (Å²) >= 11 is 0. The number of Topliss-reactive ketones (excluding diaryl/α,β-unsaturated/α-hetero) is 1. The van der Waals surface area contributed by atoms with E-state index in [1.807, 2.05) is 0 Å². The first kappa shape index (κ1) is 22.0. The highest BCUT2D eigenvalue weighted by Crippen LogP contribution is 2.43. The van der Waals surface area contributed by atoms with Gasteiger partial charge in [-0.3, -0.25) is 19.3 Å². The van der Waals surface area contributed by atoms with Gasteiger partial charge in [0, 0.05) is 23.2 Å². The number of hydrogen-bond donors (Lipinski definition) is 0. The highest BCUT2D eigenvalue weighted by atomic mass is 32.2. The Bertz CT molecular complexity index is 1510. The number of carbonyl (C=O) groups is 3. The topological polar surface area (TPSA) is 117 Å². The molecule has 2 aliphatic rings. The fourth-order valence-electron chi connectivity index (χ4n) is 5.19. The summed E-state index contributed by atoms with van der Waals surface area (Å²) in [4.78, 5) is 40.1. The van der Waals surface area contributed by atoms with Gasteiger partial charge in [0.05, 0.1) is 29.0 Å². The van der Waals surface area contributed by atoms with Crippen LogP contribution < -0.4 is 0 Å². The first-order chi connectivity index (χ1) is 16.2. The molecular formula is C25H21N3O5S. The molecule has 2 heterocycles. The van der Waals surface area contributed by atoms with Crippen LogP contribution in [0.3, 0.4) is 0 Å². The van der Waals surface area contributed by atoms with Crippen LogP contribution in [0, 0.1) is 16.7 Å². The highest BCUT2D eigenvalue weighted by molar-refractivity contribution is 7.89. The van der Waals surface area contributed by atoms with Crippen LogP contribution in [0.15, 0.2) is 48.5 Å². The SMILES string of the molecule is CS(=O)(=O)n1c2c(c3ccccc31)C(=O)[C@@](C#N)(CCCN1C(=O)c3ccccc3C1=O)CC2. The minimum Gasteiger partial charge on any atom is -0.292 e. The Morgan fingerprint density at radius 1 is 1.00 bits per heavy atom. The van der Waals surface area contributed by atoms with Gasteiger partial charge in [-0.2, -0.15) is 5.26 Å². The Hall–Kier alpha value is -3.77. The largest absolute Gasteiger partial charge is 0.292 e. The third-order valence-electron chi connectivity index (χ3n) is 6.79. The molecule has 5 rings (SSSR count). The molecule has 1 aliphatic carbocycles. The van der Waals surface area contributed by atoms with E-state index in [4.69, 9.17) is 0 Å². The molecular weight excluding hydrogens is 454 g/mol. The van der Waals surface area contributed by atoms with Crippen molar-refractivity contribution in [2.24, 2.45) is 5.41 Å². The van der Waals surface area contributed by atoms with Gasteiger partial charge in [0.15, 0.2) is 5.78 Å². The van der Waals surface area contributed by atoms with E-state index in [0.29, 0.717) is 27.7 Å². The second-order valence-corrected chi connectivity index (χ2v) is 10.6. The third kappa shape index (κ3) is 3.10. The average molecular weight is 476 g/mol. The molecule has 0 radical (unpaired) electrons. The maximum Gasteiger partial charge on any atom is 0.261 e. The van der Waals surface area contributed by atoms with Gasteiger partial charge in [0.25, 0.3) is 11.8 Å². The van der Waals surface area contributed by atoms with Gasteiger partial charge in [0.2, 0.25) is 10.0 Å². The number of para-hydroxylation sites is 1. The zero-order chi connectivity index (χ0) is 24.3. The average Bonchev–Trinajstić information content (AvgIpc) is 3.29. The van der Waals surface area contributed by atoms with Crippen LogP contribution in [0.25, 0.3) is 10.9 Å². The fourth-order valence-corrected chi connectivity index (χ4v) is 6.29. The lowest BCUT2D eigenvalue weighted by molar-refractivity contribution is 0.0645. The van der Waals surface area contributed by atoms with E-state index in [1.54, 1.807) is 48.5 Å². The van der Waals surface area contributed by atoms with E-state index in [-0.39, 0.29) is 49.6 Å². The lowest BCUT2D eigenvalue weighted by Gasteiger charge is -2.30. The molecule has 0 saturated heterocycles. The van der Waals surface area contributed by atoms with Gasteiger partial charge in [0.1, 0.15) is 5.41 Å². The van der Waals surface area contributed by atoms with E-state index in [1.165, 1.54) is 3.97 Å². The van der Waals surface area contributed by atoms with Crippen molar-refractivity contribution in [3.8, 4) is 6.07 Å². The third-order valence-corrected chi connectivity index (χ3v) is 7.87. The maximum absolute atomic E-state index is 13.7. The van der Waals surface area contributed by atoms with Crippen LogP contribution in [0.2, 0.25) is 0 Å². The number of amides is 2. The Balaban J connectivity index is 1.44. The van der Waals surface area contributed by atoms with Crippen LogP contribution in [-0.4, -0.2) is 47.7 Å². The zero-order valence-corrected chi connectivity index (χ0v) is 19.3. The summed E-state index contributed by atoms with van der Waals surface area (Å²) in [6.45, 7) is 0.0982. The molecule has 0 unspecified atom stereocenters. The van der Waals surface area contributed by atoms with Gasteiger partial charge in [-0.15, -0.1) is 0 Å². The minimum absolute atomic E-state index is 0.0982. The number of hydrogen-bond acceptors (Lipinski definition) is 6. The smallest absolute Gasteiger partial charge is 0.261 e. The molecule has 2 aromatic carbocycles. The van der Waals surface area contributed by atoms with E-state index in [9.17, 15) is 28.1 Å². The van der Waals surface area contributed by atoms with Crippen molar-refractivity contribution in [2.75, 3.05) is 12.8 Å². The number of carbonyl (C=O) groups excluding carboxylic acids is 3. The quantitative estimate of drug-likeness (QED) is 0.523. The van der Waals surface area contributed by atoms with Gasteiger partial charge >= 0.3 is 0 Å². The predicted molar refractivity (Wildman–Crippen MR) is 124 cm³/mol. The van der Waals surface area contributed by atoms with Gasteiger partial charge in [-0.05, 0) is 43.9 Å². The summed E-state index contributed by atoms with van der Waals surface area (Å²) in [5.74, 6) is -1.16. The van der Waals surface area contributed by atoms with Gasteiger partial charge in [-0.25, -0.2) is 12.4 Å². The van der Waals surface area contributed by atoms with Crippen LogP contribution in [-0.2, 0) is 16.4 Å². The number of benzene rings is 2. The molecule has 0 N–H and O–H groups in total. The molecule has 3 aromatic rings. The molecule has 0 spiro atoms. The van der Waals surface area contributed by atoms with E-state index < -0.39 is 21.2 Å². The molecule has 1 atom stereocenters. The van der Waals surface area contributed by atoms with E-state index in [2.05, 4.69) is 6.07 Å². The lowest BCUT2D eigenvalue weighted by Crippen LogP contribution is -2.37. The molecule has 8 nitrogen and oxygen atoms in total. The van der Waals surface area contributed by atoms with Gasteiger partial charge in [-0.1, -0.05) is 30.3 Å². The molecule has 0 saturated carbocycles. The number of ketones is 1. The number of nitriles is 1. The predicted octanol–water partition coefficient (Wildman–Crippen LogP) is 3.16. The molecule has 0 fully saturated rings. The highest BCUT2D eigenvalue weighted by Gasteiger charge is 2.46. The molecule has 1 aliphatic heterocycles. The fraction of sp³-hybridized carbons (Fsp3) is 0.280. The van der Waals surface area contributed by atoms with Crippen molar-refractivity contribution in [1.82, 2.24) is 8.87 Å². The van der Waals surface area contributed by atoms with Crippen LogP contribution in [0.5, 0.6) is 0 Å².